The summed E-state index contributed by atoms with van der Waals surface area (Å²) >= 11 is 0. The number of aryl methyl sites for hydroxylation is 1. The maximum absolute atomic E-state index is 12.3. The van der Waals surface area contributed by atoms with E-state index in [9.17, 15) is 13.2 Å². The van der Waals surface area contributed by atoms with E-state index in [2.05, 4.69) is 9.82 Å². The highest BCUT2D eigenvalue weighted by Gasteiger charge is 2.30. The van der Waals surface area contributed by atoms with Crippen LogP contribution in [0.2, 0.25) is 0 Å². The fourth-order valence-corrected chi connectivity index (χ4v) is 2.98. The lowest BCUT2D eigenvalue weighted by atomic mass is 10.1. The van der Waals surface area contributed by atoms with Crippen molar-refractivity contribution in [1.29, 1.82) is 0 Å². The standard InChI is InChI=1S/C12H20N4O3S/c1-15-9-6-11(14-15)12(17)16-8-3-4-10(16)5-7-13-20(2,18)19/h6,9-10,13H,3-5,7-8H2,1-2H3/t10-/m0/s1. The maximum Gasteiger partial charge on any atom is 0.274 e. The van der Waals surface area contributed by atoms with Gasteiger partial charge < -0.3 is 4.90 Å². The fourth-order valence-electron chi connectivity index (χ4n) is 2.49. The number of hydrogen-bond acceptors (Lipinski definition) is 4. The van der Waals surface area contributed by atoms with E-state index < -0.39 is 10.0 Å². The van der Waals surface area contributed by atoms with Crippen LogP contribution in [0, 0.1) is 0 Å². The molecule has 0 aromatic carbocycles. The first-order valence-corrected chi connectivity index (χ1v) is 8.51. The van der Waals surface area contributed by atoms with E-state index in [1.165, 1.54) is 0 Å². The second-order valence-corrected chi connectivity index (χ2v) is 6.96. The van der Waals surface area contributed by atoms with Crippen LogP contribution in [0.15, 0.2) is 12.3 Å². The Morgan fingerprint density at radius 1 is 1.55 bits per heavy atom. The molecule has 1 aromatic heterocycles. The molecular weight excluding hydrogens is 280 g/mol. The van der Waals surface area contributed by atoms with Gasteiger partial charge in [0, 0.05) is 32.4 Å². The van der Waals surface area contributed by atoms with E-state index in [-0.39, 0.29) is 11.9 Å². The van der Waals surface area contributed by atoms with Crippen LogP contribution < -0.4 is 4.72 Å². The Morgan fingerprint density at radius 2 is 2.30 bits per heavy atom. The molecule has 1 aromatic rings. The summed E-state index contributed by atoms with van der Waals surface area (Å²) < 4.78 is 26.1. The van der Waals surface area contributed by atoms with Crippen LogP contribution in [0.25, 0.3) is 0 Å². The summed E-state index contributed by atoms with van der Waals surface area (Å²) in [5.74, 6) is -0.0764. The van der Waals surface area contributed by atoms with Gasteiger partial charge in [0.05, 0.1) is 6.26 Å². The normalized spacial score (nSPS) is 19.5. The molecule has 0 bridgehead atoms. The number of hydrogen-bond donors (Lipinski definition) is 1. The monoisotopic (exact) mass is 300 g/mol. The van der Waals surface area contributed by atoms with Crippen molar-refractivity contribution < 1.29 is 13.2 Å². The lowest BCUT2D eigenvalue weighted by Gasteiger charge is -2.23. The number of rotatable bonds is 5. The molecule has 1 saturated heterocycles. The van der Waals surface area contributed by atoms with Gasteiger partial charge in [0.25, 0.3) is 5.91 Å². The number of nitrogens with one attached hydrogen (secondary N) is 1. The predicted octanol–water partition coefficient (Wildman–Crippen LogP) is -0.0360. The number of carbonyl (C=O) groups is 1. The van der Waals surface area contributed by atoms with Crippen LogP contribution in [0.5, 0.6) is 0 Å². The molecule has 0 spiro atoms. The third kappa shape index (κ3) is 3.80. The van der Waals surface area contributed by atoms with E-state index in [1.807, 2.05) is 0 Å². The largest absolute Gasteiger partial charge is 0.334 e. The number of likely N-dealkylation sites (tertiary alicyclic amines) is 1. The molecule has 2 rings (SSSR count). The van der Waals surface area contributed by atoms with Gasteiger partial charge >= 0.3 is 0 Å². The van der Waals surface area contributed by atoms with Crippen LogP contribution in [0.1, 0.15) is 29.8 Å². The average molecular weight is 300 g/mol. The Morgan fingerprint density at radius 3 is 2.90 bits per heavy atom. The van der Waals surface area contributed by atoms with Crippen molar-refractivity contribution in [3.05, 3.63) is 18.0 Å². The lowest BCUT2D eigenvalue weighted by molar-refractivity contribution is 0.0725. The zero-order valence-corrected chi connectivity index (χ0v) is 12.6. The Labute approximate surface area is 119 Å². The SMILES string of the molecule is Cn1ccc(C(=O)N2CCC[C@H]2CCNS(C)(=O)=O)n1. The van der Waals surface area contributed by atoms with Crippen molar-refractivity contribution >= 4 is 15.9 Å². The summed E-state index contributed by atoms with van der Waals surface area (Å²) in [6.07, 6.45) is 5.36. The molecule has 0 saturated carbocycles. The minimum absolute atomic E-state index is 0.0764. The topological polar surface area (TPSA) is 84.3 Å². The molecule has 1 aliphatic rings. The summed E-state index contributed by atoms with van der Waals surface area (Å²) in [5, 5.41) is 4.12. The van der Waals surface area contributed by atoms with Gasteiger partial charge in [-0.3, -0.25) is 9.48 Å². The van der Waals surface area contributed by atoms with Crippen LogP contribution in [-0.4, -0.2) is 54.4 Å². The summed E-state index contributed by atoms with van der Waals surface area (Å²) in [6, 6.07) is 1.78. The third-order valence-corrected chi connectivity index (χ3v) is 4.14. The molecule has 0 unspecified atom stereocenters. The van der Waals surface area contributed by atoms with Crippen molar-refractivity contribution in [2.24, 2.45) is 7.05 Å². The van der Waals surface area contributed by atoms with Crippen molar-refractivity contribution in [2.45, 2.75) is 25.3 Å². The minimum Gasteiger partial charge on any atom is -0.334 e. The van der Waals surface area contributed by atoms with Gasteiger partial charge in [-0.2, -0.15) is 5.10 Å². The number of carbonyl (C=O) groups excluding carboxylic acids is 1. The van der Waals surface area contributed by atoms with Gasteiger partial charge in [-0.15, -0.1) is 0 Å². The predicted molar refractivity (Wildman–Crippen MR) is 74.7 cm³/mol. The smallest absolute Gasteiger partial charge is 0.274 e. The van der Waals surface area contributed by atoms with Crippen LogP contribution in [0.4, 0.5) is 0 Å². The molecule has 20 heavy (non-hydrogen) atoms. The first kappa shape index (κ1) is 15.0. The number of amides is 1. The summed E-state index contributed by atoms with van der Waals surface area (Å²) in [6.45, 7) is 1.06. The molecule has 0 radical (unpaired) electrons. The van der Waals surface area contributed by atoms with Gasteiger partial charge in [0.15, 0.2) is 0 Å². The van der Waals surface area contributed by atoms with Crippen LogP contribution in [-0.2, 0) is 17.1 Å². The number of aromatic nitrogens is 2. The van der Waals surface area contributed by atoms with Crippen molar-refractivity contribution in [1.82, 2.24) is 19.4 Å². The number of nitrogens with zero attached hydrogens (tertiary/aromatic N) is 3. The quantitative estimate of drug-likeness (QED) is 0.827. The van der Waals surface area contributed by atoms with Gasteiger partial charge in [0.1, 0.15) is 5.69 Å². The summed E-state index contributed by atoms with van der Waals surface area (Å²) in [4.78, 5) is 14.1. The van der Waals surface area contributed by atoms with E-state index in [4.69, 9.17) is 0 Å². The summed E-state index contributed by atoms with van der Waals surface area (Å²) in [5.41, 5.74) is 0.440. The highest BCUT2D eigenvalue weighted by Crippen LogP contribution is 2.21. The highest BCUT2D eigenvalue weighted by molar-refractivity contribution is 7.88. The Balaban J connectivity index is 1.95. The van der Waals surface area contributed by atoms with E-state index >= 15 is 0 Å². The molecule has 8 heteroatoms. The first-order valence-electron chi connectivity index (χ1n) is 6.62. The van der Waals surface area contributed by atoms with Gasteiger partial charge in [-0.05, 0) is 25.3 Å². The van der Waals surface area contributed by atoms with E-state index in [0.717, 1.165) is 19.1 Å². The lowest BCUT2D eigenvalue weighted by Crippen LogP contribution is -2.38. The number of sulfonamides is 1. The Kier molecular flexibility index (Phi) is 4.44. The molecule has 2 heterocycles. The highest BCUT2D eigenvalue weighted by atomic mass is 32.2. The maximum atomic E-state index is 12.3. The molecule has 0 aliphatic carbocycles. The molecule has 1 fully saturated rings. The fraction of sp³-hybridized carbons (Fsp3) is 0.667. The molecule has 7 nitrogen and oxygen atoms in total. The van der Waals surface area contributed by atoms with Crippen LogP contribution in [0.3, 0.4) is 0 Å². The van der Waals surface area contributed by atoms with E-state index in [0.29, 0.717) is 25.2 Å². The van der Waals surface area contributed by atoms with Crippen molar-refractivity contribution in [3.8, 4) is 0 Å². The Bertz CT molecular complexity index is 581. The Hall–Kier alpha value is -1.41. The molecule has 1 atom stereocenters. The minimum atomic E-state index is -3.17. The third-order valence-electron chi connectivity index (χ3n) is 3.41. The zero-order chi connectivity index (χ0) is 14.8. The van der Waals surface area contributed by atoms with Gasteiger partial charge in [0.2, 0.25) is 10.0 Å². The molecule has 112 valence electrons. The second-order valence-electron chi connectivity index (χ2n) is 5.12. The molecule has 1 N–H and O–H groups in total. The molecule has 1 amide bonds. The first-order chi connectivity index (χ1) is 9.37. The van der Waals surface area contributed by atoms with Gasteiger partial charge in [-0.25, -0.2) is 13.1 Å². The van der Waals surface area contributed by atoms with Crippen molar-refractivity contribution in [3.63, 3.8) is 0 Å². The zero-order valence-electron chi connectivity index (χ0n) is 11.7. The van der Waals surface area contributed by atoms with Crippen molar-refractivity contribution in [2.75, 3.05) is 19.3 Å². The van der Waals surface area contributed by atoms with Crippen LogP contribution >= 0.6 is 0 Å². The molecular formula is C12H20N4O3S. The van der Waals surface area contributed by atoms with E-state index in [1.54, 1.807) is 28.9 Å². The molecule has 1 aliphatic heterocycles. The van der Waals surface area contributed by atoms with Gasteiger partial charge in [-0.1, -0.05) is 0 Å². The summed E-state index contributed by atoms with van der Waals surface area (Å²) in [7, 11) is -1.40. The second kappa shape index (κ2) is 5.92. The average Bonchev–Trinajstić information content (AvgIpc) is 2.95.